The van der Waals surface area contributed by atoms with E-state index in [0.717, 1.165) is 28.1 Å². The van der Waals surface area contributed by atoms with E-state index in [9.17, 15) is 14.9 Å². The summed E-state index contributed by atoms with van der Waals surface area (Å²) in [6, 6.07) is 21.0. The first kappa shape index (κ1) is 22.2. The molecule has 4 aromatic rings. The maximum Gasteiger partial charge on any atom is 0.340 e. The largest absolute Gasteiger partial charge is 0.457 e. The van der Waals surface area contributed by atoms with Crippen molar-refractivity contribution < 1.29 is 19.1 Å². The summed E-state index contributed by atoms with van der Waals surface area (Å²) >= 11 is 6.30. The molecule has 3 aromatic carbocycles. The van der Waals surface area contributed by atoms with Crippen LogP contribution in [0.15, 0.2) is 72.8 Å². The van der Waals surface area contributed by atoms with Gasteiger partial charge in [-0.1, -0.05) is 58.7 Å². The van der Waals surface area contributed by atoms with E-state index >= 15 is 0 Å². The van der Waals surface area contributed by atoms with Crippen molar-refractivity contribution in [1.29, 1.82) is 0 Å². The molecule has 166 valence electrons. The van der Waals surface area contributed by atoms with Crippen molar-refractivity contribution >= 4 is 23.3 Å². The summed E-state index contributed by atoms with van der Waals surface area (Å²) < 4.78 is 7.26. The van der Waals surface area contributed by atoms with Gasteiger partial charge in [0.05, 0.1) is 26.8 Å². The van der Waals surface area contributed by atoms with E-state index in [2.05, 4.69) is 5.10 Å². The fourth-order valence-corrected chi connectivity index (χ4v) is 3.95. The van der Waals surface area contributed by atoms with E-state index in [-0.39, 0.29) is 22.9 Å². The quantitative estimate of drug-likeness (QED) is 0.177. The molecule has 0 aliphatic rings. The fourth-order valence-electron chi connectivity index (χ4n) is 3.76. The summed E-state index contributed by atoms with van der Waals surface area (Å²) in [5.74, 6) is -0.522. The molecule has 0 spiro atoms. The number of ether oxygens (including phenoxy) is 1. The maximum atomic E-state index is 12.7. The van der Waals surface area contributed by atoms with Crippen LogP contribution < -0.4 is 4.68 Å². The SMILES string of the molecule is Cc1[nH][n+](-c2ccc(Cl)c(C(=O)OCc3ccccc3)c2)c(C)c1-c1cccc([N+](=O)[O-])c1. The highest BCUT2D eigenvalue weighted by molar-refractivity contribution is 6.33. The molecule has 1 aromatic heterocycles. The van der Waals surface area contributed by atoms with Crippen LogP contribution in [-0.2, 0) is 11.3 Å². The minimum Gasteiger partial charge on any atom is -0.457 e. The van der Waals surface area contributed by atoms with Crippen molar-refractivity contribution in [1.82, 2.24) is 5.10 Å². The summed E-state index contributed by atoms with van der Waals surface area (Å²) in [6.45, 7) is 3.94. The zero-order valence-electron chi connectivity index (χ0n) is 18.0. The molecule has 0 saturated heterocycles. The Morgan fingerprint density at radius 1 is 1.06 bits per heavy atom. The number of nitro groups is 1. The molecule has 1 heterocycles. The summed E-state index contributed by atoms with van der Waals surface area (Å²) in [7, 11) is 0. The summed E-state index contributed by atoms with van der Waals surface area (Å²) in [5.41, 5.74) is 5.08. The van der Waals surface area contributed by atoms with Gasteiger partial charge in [-0.05, 0) is 24.1 Å². The Morgan fingerprint density at radius 2 is 1.82 bits per heavy atom. The topological polar surface area (TPSA) is 89.1 Å². The average molecular weight is 463 g/mol. The molecule has 7 nitrogen and oxygen atoms in total. The Balaban J connectivity index is 1.66. The molecular weight excluding hydrogens is 442 g/mol. The molecule has 0 saturated carbocycles. The number of benzene rings is 3. The average Bonchev–Trinajstić information content (AvgIpc) is 3.12. The predicted molar refractivity (Wildman–Crippen MR) is 124 cm³/mol. The number of hydrogen-bond donors (Lipinski definition) is 1. The number of carbonyl (C=O) groups excluding carboxylic acids is 1. The van der Waals surface area contributed by atoms with Gasteiger partial charge in [-0.3, -0.25) is 10.1 Å². The van der Waals surface area contributed by atoms with Crippen LogP contribution in [-0.4, -0.2) is 16.0 Å². The second-order valence-electron chi connectivity index (χ2n) is 7.57. The van der Waals surface area contributed by atoms with E-state index in [1.54, 1.807) is 30.3 Å². The van der Waals surface area contributed by atoms with Crippen LogP contribution in [0.4, 0.5) is 5.69 Å². The van der Waals surface area contributed by atoms with Crippen LogP contribution in [0.3, 0.4) is 0 Å². The number of halogens is 1. The Labute approximate surface area is 195 Å². The van der Waals surface area contributed by atoms with Crippen LogP contribution in [0.5, 0.6) is 0 Å². The van der Waals surface area contributed by atoms with Gasteiger partial charge in [0.15, 0.2) is 0 Å². The number of rotatable bonds is 6. The van der Waals surface area contributed by atoms with Crippen LogP contribution >= 0.6 is 11.6 Å². The number of carbonyl (C=O) groups is 1. The minimum absolute atomic E-state index is 0.0222. The normalized spacial score (nSPS) is 10.8. The first-order valence-electron chi connectivity index (χ1n) is 10.2. The van der Waals surface area contributed by atoms with E-state index in [1.807, 2.05) is 54.9 Å². The zero-order chi connectivity index (χ0) is 23.5. The summed E-state index contributed by atoms with van der Waals surface area (Å²) in [5, 5.41) is 14.8. The Hall–Kier alpha value is -3.97. The lowest BCUT2D eigenvalue weighted by atomic mass is 10.0. The van der Waals surface area contributed by atoms with Gasteiger partial charge in [-0.2, -0.15) is 5.10 Å². The highest BCUT2D eigenvalue weighted by Crippen LogP contribution is 2.29. The highest BCUT2D eigenvalue weighted by Gasteiger charge is 2.25. The molecule has 0 fully saturated rings. The van der Waals surface area contributed by atoms with Crippen LogP contribution in [0.2, 0.25) is 5.02 Å². The van der Waals surface area contributed by atoms with Gasteiger partial charge in [-0.15, -0.1) is 0 Å². The number of aromatic amines is 1. The van der Waals surface area contributed by atoms with Crippen molar-refractivity contribution in [2.24, 2.45) is 0 Å². The fraction of sp³-hybridized carbons (Fsp3) is 0.120. The number of H-pyrrole nitrogens is 1. The Morgan fingerprint density at radius 3 is 2.55 bits per heavy atom. The van der Waals surface area contributed by atoms with E-state index in [0.29, 0.717) is 5.69 Å². The van der Waals surface area contributed by atoms with Gasteiger partial charge < -0.3 is 4.74 Å². The standard InChI is InChI=1S/C25H20ClN3O4/c1-16-24(19-9-6-10-21(13-19)29(31)32)17(2)28(27-16)20-11-12-23(26)22(14-20)25(30)33-15-18-7-4-3-5-8-18/h3-14H,15H2,1-2H3/p+1. The Kier molecular flexibility index (Phi) is 6.24. The molecule has 0 unspecified atom stereocenters. The van der Waals surface area contributed by atoms with E-state index in [4.69, 9.17) is 16.3 Å². The molecular formula is C25H21ClN3O4+. The number of hydrogen-bond acceptors (Lipinski definition) is 4. The molecule has 0 aliphatic carbocycles. The van der Waals surface area contributed by atoms with Gasteiger partial charge in [0.25, 0.3) is 5.69 Å². The van der Waals surface area contributed by atoms with Crippen molar-refractivity contribution in [3.8, 4) is 16.8 Å². The smallest absolute Gasteiger partial charge is 0.340 e. The van der Waals surface area contributed by atoms with Crippen LogP contribution in [0, 0.1) is 24.0 Å². The van der Waals surface area contributed by atoms with Crippen LogP contribution in [0.1, 0.15) is 27.3 Å². The Bertz CT molecular complexity index is 1350. The monoisotopic (exact) mass is 462 g/mol. The lowest BCUT2D eigenvalue weighted by Gasteiger charge is -2.07. The molecule has 0 aliphatic heterocycles. The predicted octanol–water partition coefficient (Wildman–Crippen LogP) is 5.49. The number of nitro benzene ring substituents is 1. The third-order valence-corrected chi connectivity index (χ3v) is 5.67. The van der Waals surface area contributed by atoms with Crippen molar-refractivity contribution in [2.45, 2.75) is 20.5 Å². The van der Waals surface area contributed by atoms with Crippen molar-refractivity contribution in [3.05, 3.63) is 110 Å². The lowest BCUT2D eigenvalue weighted by molar-refractivity contribution is -0.661. The molecule has 0 bridgehead atoms. The van der Waals surface area contributed by atoms with E-state index < -0.39 is 10.9 Å². The van der Waals surface area contributed by atoms with Gasteiger partial charge in [0, 0.05) is 31.2 Å². The third kappa shape index (κ3) is 4.63. The summed E-state index contributed by atoms with van der Waals surface area (Å²) in [4.78, 5) is 23.5. The molecule has 0 amide bonds. The van der Waals surface area contributed by atoms with Crippen LogP contribution in [0.25, 0.3) is 16.8 Å². The number of aryl methyl sites for hydroxylation is 1. The molecule has 33 heavy (non-hydrogen) atoms. The molecule has 1 N–H and O–H groups in total. The number of aromatic nitrogens is 2. The zero-order valence-corrected chi connectivity index (χ0v) is 18.8. The minimum atomic E-state index is -0.522. The number of esters is 1. The van der Waals surface area contributed by atoms with Gasteiger partial charge >= 0.3 is 5.97 Å². The highest BCUT2D eigenvalue weighted by atomic mass is 35.5. The maximum absolute atomic E-state index is 12.7. The first-order valence-corrected chi connectivity index (χ1v) is 10.6. The first-order chi connectivity index (χ1) is 15.8. The molecule has 4 rings (SSSR count). The second kappa shape index (κ2) is 9.26. The van der Waals surface area contributed by atoms with Gasteiger partial charge in [-0.25, -0.2) is 4.79 Å². The molecule has 0 radical (unpaired) electrons. The molecule has 0 atom stereocenters. The van der Waals surface area contributed by atoms with E-state index in [1.165, 1.54) is 6.07 Å². The van der Waals surface area contributed by atoms with Gasteiger partial charge in [0.1, 0.15) is 6.61 Å². The number of non-ortho nitro benzene ring substituents is 1. The van der Waals surface area contributed by atoms with Crippen molar-refractivity contribution in [3.63, 3.8) is 0 Å². The second-order valence-corrected chi connectivity index (χ2v) is 7.97. The molecule has 8 heteroatoms. The third-order valence-electron chi connectivity index (χ3n) is 5.34. The number of nitrogens with zero attached hydrogens (tertiary/aromatic N) is 2. The van der Waals surface area contributed by atoms with Crippen molar-refractivity contribution in [2.75, 3.05) is 0 Å². The lowest BCUT2D eigenvalue weighted by Crippen LogP contribution is -2.35. The number of nitrogens with one attached hydrogen (secondary N) is 1. The van der Waals surface area contributed by atoms with Gasteiger partial charge in [0.2, 0.25) is 11.4 Å². The summed E-state index contributed by atoms with van der Waals surface area (Å²) in [6.07, 6.45) is 0.